The maximum atomic E-state index is 13.7. The fourth-order valence-corrected chi connectivity index (χ4v) is 3.58. The van der Waals surface area contributed by atoms with Crippen molar-refractivity contribution in [3.63, 3.8) is 0 Å². The van der Waals surface area contributed by atoms with Gasteiger partial charge in [-0.1, -0.05) is 40.2 Å². The van der Waals surface area contributed by atoms with Crippen LogP contribution >= 0.6 is 27.3 Å². The monoisotopic (exact) mass is 419 g/mol. The maximum absolute atomic E-state index is 13.7. The van der Waals surface area contributed by atoms with Crippen LogP contribution in [0.1, 0.15) is 20.7 Å². The largest absolute Gasteiger partial charge is 0.478 e. The average Bonchev–Trinajstić information content (AvgIpc) is 2.99. The molecule has 0 saturated heterocycles. The van der Waals surface area contributed by atoms with Crippen molar-refractivity contribution >= 4 is 44.8 Å². The molecule has 1 heterocycles. The summed E-state index contributed by atoms with van der Waals surface area (Å²) in [7, 11) is 0. The number of amides is 1. The van der Waals surface area contributed by atoms with Crippen molar-refractivity contribution in [3.8, 4) is 10.4 Å². The van der Waals surface area contributed by atoms with E-state index in [9.17, 15) is 19.1 Å². The van der Waals surface area contributed by atoms with Gasteiger partial charge in [-0.25, -0.2) is 9.18 Å². The summed E-state index contributed by atoms with van der Waals surface area (Å²) in [5, 5.41) is 13.6. The van der Waals surface area contributed by atoms with Gasteiger partial charge in [-0.15, -0.1) is 11.3 Å². The van der Waals surface area contributed by atoms with Crippen LogP contribution in [0.3, 0.4) is 0 Å². The Morgan fingerprint density at radius 3 is 2.40 bits per heavy atom. The second-order valence-electron chi connectivity index (χ2n) is 5.10. The van der Waals surface area contributed by atoms with E-state index in [2.05, 4.69) is 21.2 Å². The molecule has 3 rings (SSSR count). The third-order valence-corrected chi connectivity index (χ3v) is 5.04. The number of anilines is 1. The third-order valence-electron chi connectivity index (χ3n) is 3.48. The molecular weight excluding hydrogens is 409 g/mol. The highest BCUT2D eigenvalue weighted by Gasteiger charge is 2.22. The Morgan fingerprint density at radius 2 is 1.76 bits per heavy atom. The van der Waals surface area contributed by atoms with Gasteiger partial charge in [0.25, 0.3) is 5.91 Å². The minimum absolute atomic E-state index is 0.0167. The fraction of sp³-hybridized carbons (Fsp3) is 0. The zero-order chi connectivity index (χ0) is 18.0. The van der Waals surface area contributed by atoms with Gasteiger partial charge in [0.2, 0.25) is 0 Å². The van der Waals surface area contributed by atoms with Crippen LogP contribution in [0.5, 0.6) is 0 Å². The second-order valence-corrected chi connectivity index (χ2v) is 6.89. The summed E-state index contributed by atoms with van der Waals surface area (Å²) < 4.78 is 14.6. The van der Waals surface area contributed by atoms with Crippen molar-refractivity contribution in [2.24, 2.45) is 0 Å². The van der Waals surface area contributed by atoms with Gasteiger partial charge >= 0.3 is 5.97 Å². The fourth-order valence-electron chi connectivity index (χ4n) is 2.31. The van der Waals surface area contributed by atoms with Gasteiger partial charge in [-0.3, -0.25) is 4.79 Å². The molecule has 2 N–H and O–H groups in total. The Balaban J connectivity index is 1.98. The highest BCUT2D eigenvalue weighted by atomic mass is 79.9. The van der Waals surface area contributed by atoms with Gasteiger partial charge in [-0.05, 0) is 29.8 Å². The highest BCUT2D eigenvalue weighted by molar-refractivity contribution is 9.10. The smallest absolute Gasteiger partial charge is 0.339 e. The molecule has 0 aliphatic carbocycles. The van der Waals surface area contributed by atoms with Crippen LogP contribution < -0.4 is 5.32 Å². The SMILES string of the molecule is O=C(Nc1csc(-c2ccc(Br)cc2)c1C(=O)O)c1ccccc1F. The number of carboxylic acids is 1. The van der Waals surface area contributed by atoms with E-state index < -0.39 is 17.7 Å². The van der Waals surface area contributed by atoms with Gasteiger partial charge in [0.15, 0.2) is 0 Å². The van der Waals surface area contributed by atoms with Crippen molar-refractivity contribution in [3.05, 3.63) is 75.3 Å². The molecule has 126 valence electrons. The first-order valence-electron chi connectivity index (χ1n) is 7.14. The first kappa shape index (κ1) is 17.3. The van der Waals surface area contributed by atoms with Crippen molar-refractivity contribution in [1.82, 2.24) is 0 Å². The summed E-state index contributed by atoms with van der Waals surface area (Å²) >= 11 is 4.53. The predicted molar refractivity (Wildman–Crippen MR) is 98.8 cm³/mol. The Kier molecular flexibility index (Phi) is 4.96. The lowest BCUT2D eigenvalue weighted by atomic mass is 10.1. The van der Waals surface area contributed by atoms with Crippen LogP contribution in [0.4, 0.5) is 10.1 Å². The van der Waals surface area contributed by atoms with E-state index in [-0.39, 0.29) is 16.8 Å². The summed E-state index contributed by atoms with van der Waals surface area (Å²) in [5.74, 6) is -2.52. The summed E-state index contributed by atoms with van der Waals surface area (Å²) in [4.78, 5) is 24.5. The van der Waals surface area contributed by atoms with Crippen molar-refractivity contribution < 1.29 is 19.1 Å². The molecule has 0 bridgehead atoms. The van der Waals surface area contributed by atoms with Crippen molar-refractivity contribution in [1.29, 1.82) is 0 Å². The summed E-state index contributed by atoms with van der Waals surface area (Å²) in [6.45, 7) is 0. The minimum Gasteiger partial charge on any atom is -0.478 e. The molecule has 0 aliphatic rings. The Morgan fingerprint density at radius 1 is 1.08 bits per heavy atom. The highest BCUT2D eigenvalue weighted by Crippen LogP contribution is 2.36. The van der Waals surface area contributed by atoms with Gasteiger partial charge in [-0.2, -0.15) is 0 Å². The van der Waals surface area contributed by atoms with Crippen LogP contribution in [0, 0.1) is 5.82 Å². The van der Waals surface area contributed by atoms with Crippen LogP contribution in [0.2, 0.25) is 0 Å². The summed E-state index contributed by atoms with van der Waals surface area (Å²) in [6, 6.07) is 12.7. The van der Waals surface area contributed by atoms with E-state index >= 15 is 0 Å². The molecule has 0 unspecified atom stereocenters. The molecule has 2 aromatic carbocycles. The van der Waals surface area contributed by atoms with Crippen LogP contribution in [-0.2, 0) is 0 Å². The number of aromatic carboxylic acids is 1. The van der Waals surface area contributed by atoms with Crippen LogP contribution in [0.15, 0.2) is 58.4 Å². The van der Waals surface area contributed by atoms with Crippen LogP contribution in [0.25, 0.3) is 10.4 Å². The number of benzene rings is 2. The number of carbonyl (C=O) groups is 2. The Labute approximate surface area is 155 Å². The molecule has 7 heteroatoms. The number of carbonyl (C=O) groups excluding carboxylic acids is 1. The number of thiophene rings is 1. The zero-order valence-electron chi connectivity index (χ0n) is 12.6. The second kappa shape index (κ2) is 7.16. The van der Waals surface area contributed by atoms with E-state index in [0.717, 1.165) is 10.0 Å². The Hall–Kier alpha value is -2.51. The number of nitrogens with one attached hydrogen (secondary N) is 1. The van der Waals surface area contributed by atoms with Crippen molar-refractivity contribution in [2.45, 2.75) is 0 Å². The average molecular weight is 420 g/mol. The number of halogens is 2. The van der Waals surface area contributed by atoms with Gasteiger partial charge in [0.1, 0.15) is 11.4 Å². The zero-order valence-corrected chi connectivity index (χ0v) is 15.0. The number of hydrogen-bond acceptors (Lipinski definition) is 3. The van der Waals surface area contributed by atoms with E-state index in [1.165, 1.54) is 35.6 Å². The first-order chi connectivity index (χ1) is 12.0. The molecule has 0 atom stereocenters. The lowest BCUT2D eigenvalue weighted by molar-refractivity contribution is 0.0699. The Bertz CT molecular complexity index is 953. The van der Waals surface area contributed by atoms with Crippen LogP contribution in [-0.4, -0.2) is 17.0 Å². The number of carboxylic acid groups (broad SMARTS) is 1. The van der Waals surface area contributed by atoms with Crippen molar-refractivity contribution in [2.75, 3.05) is 5.32 Å². The minimum atomic E-state index is -1.16. The molecule has 3 aromatic rings. The number of hydrogen-bond donors (Lipinski definition) is 2. The first-order valence-corrected chi connectivity index (χ1v) is 8.81. The van der Waals surface area contributed by atoms with E-state index in [1.807, 2.05) is 0 Å². The molecule has 0 saturated carbocycles. The summed E-state index contributed by atoms with van der Waals surface area (Å²) in [6.07, 6.45) is 0. The van der Waals surface area contributed by atoms with Gasteiger partial charge < -0.3 is 10.4 Å². The van der Waals surface area contributed by atoms with E-state index in [4.69, 9.17) is 0 Å². The quantitative estimate of drug-likeness (QED) is 0.605. The van der Waals surface area contributed by atoms with Gasteiger partial charge in [0.05, 0.1) is 16.1 Å². The lowest BCUT2D eigenvalue weighted by Gasteiger charge is -2.07. The molecular formula is C18H11BrFNO3S. The normalized spacial score (nSPS) is 10.5. The maximum Gasteiger partial charge on any atom is 0.339 e. The molecule has 1 aromatic heterocycles. The van der Waals surface area contributed by atoms with E-state index in [1.54, 1.807) is 29.6 Å². The van der Waals surface area contributed by atoms with E-state index in [0.29, 0.717) is 4.88 Å². The molecule has 0 radical (unpaired) electrons. The number of rotatable bonds is 4. The molecule has 0 aliphatic heterocycles. The molecule has 0 fully saturated rings. The molecule has 1 amide bonds. The molecule has 4 nitrogen and oxygen atoms in total. The predicted octanol–water partition coefficient (Wildman–Crippen LogP) is 5.27. The van der Waals surface area contributed by atoms with Gasteiger partial charge in [0, 0.05) is 9.85 Å². The topological polar surface area (TPSA) is 66.4 Å². The standard InChI is InChI=1S/C18H11BrFNO3S/c19-11-7-5-10(6-8-11)16-15(18(23)24)14(9-25-16)21-17(22)12-3-1-2-4-13(12)20/h1-9H,(H,21,22)(H,23,24). The summed E-state index contributed by atoms with van der Waals surface area (Å²) in [5.41, 5.74) is 0.702. The molecule has 25 heavy (non-hydrogen) atoms. The third kappa shape index (κ3) is 3.62. The molecule has 0 spiro atoms. The lowest BCUT2D eigenvalue weighted by Crippen LogP contribution is -2.15.